The molecular formula is C31H31N3O3S2. The number of hydrogen-bond donors (Lipinski definition) is 2. The molecule has 2 N–H and O–H groups in total. The maximum atomic E-state index is 13.6. The molecule has 8 heteroatoms. The molecule has 1 atom stereocenters. The number of benzene rings is 3. The fraction of sp³-hybridized carbons (Fsp3) is 0.258. The van der Waals surface area contributed by atoms with Gasteiger partial charge in [0.05, 0.1) is 12.8 Å². The molecule has 5 rings (SSSR count). The lowest BCUT2D eigenvalue weighted by Crippen LogP contribution is -2.24. The van der Waals surface area contributed by atoms with Crippen LogP contribution < -0.4 is 15.4 Å². The fourth-order valence-corrected chi connectivity index (χ4v) is 6.57. The fourth-order valence-electron chi connectivity index (χ4n) is 4.78. The second-order valence-corrected chi connectivity index (χ2v) is 11.5. The van der Waals surface area contributed by atoms with E-state index in [2.05, 4.69) is 15.6 Å². The predicted molar refractivity (Wildman–Crippen MR) is 159 cm³/mol. The van der Waals surface area contributed by atoms with Gasteiger partial charge in [0.25, 0.3) is 0 Å². The SMILES string of the molecule is COc1ccccc1-c1csc(NC(=O)C(Sc2cccc(NC(=O)C3CCCCC3)c2)c2ccccc2)n1. The lowest BCUT2D eigenvalue weighted by atomic mass is 9.88. The lowest BCUT2D eigenvalue weighted by molar-refractivity contribution is -0.120. The second kappa shape index (κ2) is 13.0. The zero-order valence-corrected chi connectivity index (χ0v) is 23.4. The zero-order chi connectivity index (χ0) is 27.0. The molecule has 1 aliphatic rings. The van der Waals surface area contributed by atoms with Gasteiger partial charge in [-0.2, -0.15) is 0 Å². The Hall–Kier alpha value is -3.62. The molecule has 0 saturated heterocycles. The number of carbonyl (C=O) groups excluding carboxylic acids is 2. The molecule has 0 bridgehead atoms. The van der Waals surface area contributed by atoms with Crippen LogP contribution in [0.2, 0.25) is 0 Å². The molecule has 39 heavy (non-hydrogen) atoms. The molecule has 3 aromatic carbocycles. The van der Waals surface area contributed by atoms with Crippen molar-refractivity contribution in [2.24, 2.45) is 5.92 Å². The van der Waals surface area contributed by atoms with Crippen molar-refractivity contribution in [2.75, 3.05) is 17.7 Å². The molecule has 2 amide bonds. The number of nitrogens with one attached hydrogen (secondary N) is 2. The van der Waals surface area contributed by atoms with Gasteiger partial charge in [0, 0.05) is 27.4 Å². The zero-order valence-electron chi connectivity index (χ0n) is 21.8. The van der Waals surface area contributed by atoms with E-state index in [9.17, 15) is 9.59 Å². The quantitative estimate of drug-likeness (QED) is 0.205. The number of carbonyl (C=O) groups is 2. The Labute approximate surface area is 237 Å². The first kappa shape index (κ1) is 27.0. The third kappa shape index (κ3) is 6.88. The van der Waals surface area contributed by atoms with E-state index in [0.29, 0.717) is 5.13 Å². The summed E-state index contributed by atoms with van der Waals surface area (Å²) in [5.41, 5.74) is 3.26. The van der Waals surface area contributed by atoms with Crippen LogP contribution >= 0.6 is 23.1 Å². The Morgan fingerprint density at radius 3 is 2.51 bits per heavy atom. The molecule has 4 aromatic rings. The largest absolute Gasteiger partial charge is 0.496 e. The van der Waals surface area contributed by atoms with E-state index in [1.165, 1.54) is 29.5 Å². The van der Waals surface area contributed by atoms with Crippen molar-refractivity contribution in [1.82, 2.24) is 4.98 Å². The number of thiazole rings is 1. The van der Waals surface area contributed by atoms with Gasteiger partial charge in [-0.1, -0.05) is 67.8 Å². The van der Waals surface area contributed by atoms with Crippen LogP contribution in [0, 0.1) is 5.92 Å². The monoisotopic (exact) mass is 557 g/mol. The van der Waals surface area contributed by atoms with Crippen LogP contribution in [0.1, 0.15) is 42.9 Å². The van der Waals surface area contributed by atoms with Crippen molar-refractivity contribution < 1.29 is 14.3 Å². The maximum absolute atomic E-state index is 13.6. The Morgan fingerprint density at radius 1 is 0.949 bits per heavy atom. The summed E-state index contributed by atoms with van der Waals surface area (Å²) in [4.78, 5) is 31.9. The van der Waals surface area contributed by atoms with Gasteiger partial charge < -0.3 is 15.4 Å². The summed E-state index contributed by atoms with van der Waals surface area (Å²) in [5, 5.41) is 8.04. The van der Waals surface area contributed by atoms with Crippen LogP contribution in [0.4, 0.5) is 10.8 Å². The first-order chi connectivity index (χ1) is 19.1. The predicted octanol–water partition coefficient (Wildman–Crippen LogP) is 7.81. The highest BCUT2D eigenvalue weighted by molar-refractivity contribution is 8.00. The van der Waals surface area contributed by atoms with Crippen LogP contribution in [-0.4, -0.2) is 23.9 Å². The van der Waals surface area contributed by atoms with E-state index in [1.54, 1.807) is 7.11 Å². The van der Waals surface area contributed by atoms with Gasteiger partial charge in [0.2, 0.25) is 11.8 Å². The topological polar surface area (TPSA) is 80.3 Å². The summed E-state index contributed by atoms with van der Waals surface area (Å²) in [6.45, 7) is 0. The van der Waals surface area contributed by atoms with Crippen molar-refractivity contribution >= 4 is 45.7 Å². The number of ether oxygens (including phenoxy) is 1. The number of anilines is 2. The smallest absolute Gasteiger partial charge is 0.244 e. The van der Waals surface area contributed by atoms with Gasteiger partial charge in [-0.25, -0.2) is 4.98 Å². The Balaban J connectivity index is 1.32. The van der Waals surface area contributed by atoms with Gasteiger partial charge in [-0.05, 0) is 48.7 Å². The Bertz CT molecular complexity index is 1420. The van der Waals surface area contributed by atoms with E-state index in [4.69, 9.17) is 4.74 Å². The molecule has 6 nitrogen and oxygen atoms in total. The summed E-state index contributed by atoms with van der Waals surface area (Å²) in [7, 11) is 1.63. The molecule has 0 radical (unpaired) electrons. The summed E-state index contributed by atoms with van der Waals surface area (Å²) in [6, 6.07) is 25.1. The van der Waals surface area contributed by atoms with Gasteiger partial charge in [0.1, 0.15) is 11.0 Å². The van der Waals surface area contributed by atoms with E-state index < -0.39 is 5.25 Å². The van der Waals surface area contributed by atoms with Crippen molar-refractivity contribution in [3.05, 3.63) is 89.8 Å². The third-order valence-electron chi connectivity index (χ3n) is 6.79. The summed E-state index contributed by atoms with van der Waals surface area (Å²) >= 11 is 2.83. The molecule has 1 saturated carbocycles. The number of hydrogen-bond acceptors (Lipinski definition) is 6. The van der Waals surface area contributed by atoms with Gasteiger partial charge >= 0.3 is 0 Å². The second-order valence-electron chi connectivity index (χ2n) is 9.49. The minimum atomic E-state index is -0.505. The molecule has 200 valence electrons. The van der Waals surface area contributed by atoms with Crippen molar-refractivity contribution in [1.29, 1.82) is 0 Å². The van der Waals surface area contributed by atoms with Crippen LogP contribution in [0.3, 0.4) is 0 Å². The van der Waals surface area contributed by atoms with Crippen LogP contribution in [-0.2, 0) is 9.59 Å². The molecule has 0 aliphatic heterocycles. The Kier molecular flexibility index (Phi) is 8.96. The first-order valence-electron chi connectivity index (χ1n) is 13.1. The standard InChI is InChI=1S/C31H31N3O3S2/c1-37-27-18-9-8-17-25(27)26-20-38-31(33-26)34-30(36)28(21-11-4-2-5-12-21)39-24-16-10-15-23(19-24)32-29(35)22-13-6-3-7-14-22/h2,4-5,8-12,15-20,22,28H,3,6-7,13-14H2,1H3,(H,32,35)(H,33,34,36). The first-order valence-corrected chi connectivity index (χ1v) is 14.9. The maximum Gasteiger partial charge on any atom is 0.244 e. The van der Waals surface area contributed by atoms with Crippen molar-refractivity contribution in [3.8, 4) is 17.0 Å². The summed E-state index contributed by atoms with van der Waals surface area (Å²) < 4.78 is 5.47. The molecule has 1 unspecified atom stereocenters. The third-order valence-corrected chi connectivity index (χ3v) is 8.79. The number of nitrogens with zero attached hydrogens (tertiary/aromatic N) is 1. The van der Waals surface area contributed by atoms with Crippen LogP contribution in [0.15, 0.2) is 89.1 Å². The number of rotatable bonds is 9. The molecular weight excluding hydrogens is 526 g/mol. The summed E-state index contributed by atoms with van der Waals surface area (Å²) in [6.07, 6.45) is 5.34. The van der Waals surface area contributed by atoms with E-state index >= 15 is 0 Å². The normalized spacial score (nSPS) is 14.4. The number of amides is 2. The number of para-hydroxylation sites is 1. The van der Waals surface area contributed by atoms with E-state index in [1.807, 2.05) is 84.2 Å². The van der Waals surface area contributed by atoms with Gasteiger partial charge in [0.15, 0.2) is 5.13 Å². The highest BCUT2D eigenvalue weighted by Gasteiger charge is 2.24. The molecule has 1 fully saturated rings. The molecule has 0 spiro atoms. The minimum absolute atomic E-state index is 0.0805. The minimum Gasteiger partial charge on any atom is -0.496 e. The average Bonchev–Trinajstić information content (AvgIpc) is 3.45. The van der Waals surface area contributed by atoms with Crippen molar-refractivity contribution in [2.45, 2.75) is 42.2 Å². The van der Waals surface area contributed by atoms with Gasteiger partial charge in [-0.15, -0.1) is 23.1 Å². The van der Waals surface area contributed by atoms with E-state index in [0.717, 1.165) is 58.8 Å². The lowest BCUT2D eigenvalue weighted by Gasteiger charge is -2.21. The van der Waals surface area contributed by atoms with Gasteiger partial charge in [-0.3, -0.25) is 9.59 Å². The molecule has 1 heterocycles. The van der Waals surface area contributed by atoms with Crippen LogP contribution in [0.25, 0.3) is 11.3 Å². The number of methoxy groups -OCH3 is 1. The highest BCUT2D eigenvalue weighted by Crippen LogP contribution is 2.38. The number of aromatic nitrogens is 1. The van der Waals surface area contributed by atoms with Crippen LogP contribution in [0.5, 0.6) is 5.75 Å². The van der Waals surface area contributed by atoms with Crippen molar-refractivity contribution in [3.63, 3.8) is 0 Å². The molecule has 1 aliphatic carbocycles. The Morgan fingerprint density at radius 2 is 1.72 bits per heavy atom. The van der Waals surface area contributed by atoms with E-state index in [-0.39, 0.29) is 17.7 Å². The number of thioether (sulfide) groups is 1. The average molecular weight is 558 g/mol. The summed E-state index contributed by atoms with van der Waals surface area (Å²) in [5.74, 6) is 0.735. The molecule has 1 aromatic heterocycles. The highest BCUT2D eigenvalue weighted by atomic mass is 32.2.